The minimum absolute atomic E-state index is 0.145. The average molecular weight is 233 g/mol. The number of amides is 1. The molecule has 0 spiro atoms. The fourth-order valence-corrected chi connectivity index (χ4v) is 1.51. The summed E-state index contributed by atoms with van der Waals surface area (Å²) in [5, 5.41) is 0. The molecule has 0 fully saturated rings. The van der Waals surface area contributed by atoms with Gasteiger partial charge in [0.15, 0.2) is 0 Å². The fourth-order valence-electron chi connectivity index (χ4n) is 1.51. The molecule has 1 rings (SSSR count). The summed E-state index contributed by atoms with van der Waals surface area (Å²) in [5.74, 6) is -0.451. The van der Waals surface area contributed by atoms with Crippen molar-refractivity contribution in [1.29, 1.82) is 0 Å². The number of rotatable bonds is 5. The lowest BCUT2D eigenvalue weighted by atomic mass is 10.1. The monoisotopic (exact) mass is 233 g/mol. The average Bonchev–Trinajstić information content (AvgIpc) is 2.31. The van der Waals surface area contributed by atoms with E-state index in [4.69, 9.17) is 0 Å². The third kappa shape index (κ3) is 3.28. The maximum Gasteiger partial charge on any atom is 0.254 e. The van der Waals surface area contributed by atoms with E-state index in [0.717, 1.165) is 0 Å². The van der Waals surface area contributed by atoms with Crippen LogP contribution in [0, 0.1) is 12.7 Å². The van der Waals surface area contributed by atoms with Gasteiger partial charge in [0.05, 0.1) is 0 Å². The van der Waals surface area contributed by atoms with Gasteiger partial charge in [0, 0.05) is 18.7 Å². The van der Waals surface area contributed by atoms with Crippen LogP contribution >= 0.6 is 0 Å². The van der Waals surface area contributed by atoms with E-state index in [2.05, 4.69) is 13.2 Å². The Bertz CT molecular complexity index is 430. The first-order valence-electron chi connectivity index (χ1n) is 5.37. The summed E-state index contributed by atoms with van der Waals surface area (Å²) >= 11 is 0. The van der Waals surface area contributed by atoms with Crippen molar-refractivity contribution in [2.75, 3.05) is 13.1 Å². The van der Waals surface area contributed by atoms with Gasteiger partial charge < -0.3 is 4.90 Å². The molecule has 0 saturated heterocycles. The highest BCUT2D eigenvalue weighted by molar-refractivity contribution is 5.94. The lowest BCUT2D eigenvalue weighted by Gasteiger charge is -2.19. The molecule has 0 atom stereocenters. The third-order valence-electron chi connectivity index (χ3n) is 2.39. The molecule has 0 saturated carbocycles. The van der Waals surface area contributed by atoms with Crippen molar-refractivity contribution in [3.63, 3.8) is 0 Å². The van der Waals surface area contributed by atoms with Crippen LogP contribution in [0.2, 0.25) is 0 Å². The molecule has 1 amide bonds. The summed E-state index contributed by atoms with van der Waals surface area (Å²) in [4.78, 5) is 13.7. The lowest BCUT2D eigenvalue weighted by Crippen LogP contribution is -2.31. The fraction of sp³-hybridized carbons (Fsp3) is 0.214. The van der Waals surface area contributed by atoms with Crippen LogP contribution in [-0.2, 0) is 0 Å². The highest BCUT2D eigenvalue weighted by atomic mass is 19.1. The zero-order valence-electron chi connectivity index (χ0n) is 9.95. The number of carbonyl (C=O) groups excluding carboxylic acids is 1. The smallest absolute Gasteiger partial charge is 0.254 e. The van der Waals surface area contributed by atoms with Crippen LogP contribution in [0.3, 0.4) is 0 Å². The summed E-state index contributed by atoms with van der Waals surface area (Å²) < 4.78 is 13.1. The Morgan fingerprint density at radius 3 is 2.41 bits per heavy atom. The van der Waals surface area contributed by atoms with E-state index in [0.29, 0.717) is 24.2 Å². The van der Waals surface area contributed by atoms with E-state index in [9.17, 15) is 9.18 Å². The van der Waals surface area contributed by atoms with Crippen molar-refractivity contribution in [3.05, 3.63) is 60.5 Å². The minimum Gasteiger partial charge on any atom is -0.331 e. The number of nitrogens with zero attached hydrogens (tertiary/aromatic N) is 1. The molecule has 17 heavy (non-hydrogen) atoms. The molecule has 90 valence electrons. The van der Waals surface area contributed by atoms with E-state index in [1.54, 1.807) is 30.0 Å². The largest absolute Gasteiger partial charge is 0.331 e. The van der Waals surface area contributed by atoms with Crippen molar-refractivity contribution >= 4 is 5.91 Å². The van der Waals surface area contributed by atoms with Crippen LogP contribution in [0.15, 0.2) is 43.5 Å². The molecular formula is C14H16FNO. The first-order chi connectivity index (χ1) is 8.10. The molecule has 0 N–H and O–H groups in total. The van der Waals surface area contributed by atoms with Crippen molar-refractivity contribution < 1.29 is 9.18 Å². The van der Waals surface area contributed by atoms with E-state index in [-0.39, 0.29) is 11.7 Å². The number of hydrogen-bond acceptors (Lipinski definition) is 1. The van der Waals surface area contributed by atoms with E-state index < -0.39 is 0 Å². The standard InChI is InChI=1S/C14H16FNO/c1-4-8-16(9-5-2)14(17)12-6-7-13(15)11(3)10-12/h4-7,10H,1-2,8-9H2,3H3. The van der Waals surface area contributed by atoms with Crippen LogP contribution < -0.4 is 0 Å². The van der Waals surface area contributed by atoms with Gasteiger partial charge in [0.1, 0.15) is 5.82 Å². The lowest BCUT2D eigenvalue weighted by molar-refractivity contribution is 0.0790. The van der Waals surface area contributed by atoms with Crippen LogP contribution in [0.25, 0.3) is 0 Å². The van der Waals surface area contributed by atoms with E-state index in [1.807, 2.05) is 0 Å². The van der Waals surface area contributed by atoms with Gasteiger partial charge in [-0.3, -0.25) is 4.79 Å². The van der Waals surface area contributed by atoms with Crippen molar-refractivity contribution in [1.82, 2.24) is 4.90 Å². The summed E-state index contributed by atoms with van der Waals surface area (Å²) in [7, 11) is 0. The quantitative estimate of drug-likeness (QED) is 0.716. The second-order valence-electron chi connectivity index (χ2n) is 3.75. The highest BCUT2D eigenvalue weighted by Crippen LogP contribution is 2.11. The van der Waals surface area contributed by atoms with Gasteiger partial charge in [-0.1, -0.05) is 12.2 Å². The van der Waals surface area contributed by atoms with Gasteiger partial charge in [-0.25, -0.2) is 4.39 Å². The van der Waals surface area contributed by atoms with Crippen molar-refractivity contribution in [2.24, 2.45) is 0 Å². The van der Waals surface area contributed by atoms with Crippen LogP contribution in [-0.4, -0.2) is 23.9 Å². The number of aryl methyl sites for hydroxylation is 1. The maximum absolute atomic E-state index is 13.1. The number of hydrogen-bond donors (Lipinski definition) is 0. The predicted octanol–water partition coefficient (Wildman–Crippen LogP) is 2.95. The Hall–Kier alpha value is -1.90. The molecule has 0 bridgehead atoms. The molecule has 1 aromatic carbocycles. The Morgan fingerprint density at radius 1 is 1.35 bits per heavy atom. The Morgan fingerprint density at radius 2 is 1.94 bits per heavy atom. The summed E-state index contributed by atoms with van der Waals surface area (Å²) in [6.45, 7) is 9.73. The molecule has 3 heteroatoms. The molecule has 1 aromatic rings. The predicted molar refractivity (Wildman–Crippen MR) is 67.4 cm³/mol. The van der Waals surface area contributed by atoms with Crippen molar-refractivity contribution in [3.8, 4) is 0 Å². The van der Waals surface area contributed by atoms with Gasteiger partial charge in [-0.05, 0) is 30.7 Å². The Kier molecular flexibility index (Phi) is 4.64. The summed E-state index contributed by atoms with van der Waals surface area (Å²) in [5.41, 5.74) is 0.945. The molecule has 0 aliphatic carbocycles. The summed E-state index contributed by atoms with van der Waals surface area (Å²) in [6, 6.07) is 4.35. The van der Waals surface area contributed by atoms with Crippen LogP contribution in [0.4, 0.5) is 4.39 Å². The molecule has 0 aromatic heterocycles. The third-order valence-corrected chi connectivity index (χ3v) is 2.39. The normalized spacial score (nSPS) is 9.76. The van der Waals surface area contributed by atoms with Gasteiger partial charge in [-0.15, -0.1) is 13.2 Å². The molecule has 0 unspecified atom stereocenters. The van der Waals surface area contributed by atoms with Gasteiger partial charge in [-0.2, -0.15) is 0 Å². The molecular weight excluding hydrogens is 217 g/mol. The van der Waals surface area contributed by atoms with Crippen LogP contribution in [0.1, 0.15) is 15.9 Å². The molecule has 2 nitrogen and oxygen atoms in total. The summed E-state index contributed by atoms with van der Waals surface area (Å²) in [6.07, 6.45) is 3.30. The minimum atomic E-state index is -0.305. The topological polar surface area (TPSA) is 20.3 Å². The second-order valence-corrected chi connectivity index (χ2v) is 3.75. The maximum atomic E-state index is 13.1. The van der Waals surface area contributed by atoms with Gasteiger partial charge in [0.25, 0.3) is 5.91 Å². The highest BCUT2D eigenvalue weighted by Gasteiger charge is 2.14. The van der Waals surface area contributed by atoms with E-state index in [1.165, 1.54) is 12.1 Å². The van der Waals surface area contributed by atoms with Crippen LogP contribution in [0.5, 0.6) is 0 Å². The first-order valence-corrected chi connectivity index (χ1v) is 5.37. The number of benzene rings is 1. The SMILES string of the molecule is C=CCN(CC=C)C(=O)c1ccc(F)c(C)c1. The molecule has 0 heterocycles. The molecule has 0 aliphatic heterocycles. The Balaban J connectivity index is 2.95. The molecule has 0 radical (unpaired) electrons. The van der Waals surface area contributed by atoms with Gasteiger partial charge in [0.2, 0.25) is 0 Å². The zero-order valence-corrected chi connectivity index (χ0v) is 9.95. The zero-order chi connectivity index (χ0) is 12.8. The van der Waals surface area contributed by atoms with E-state index >= 15 is 0 Å². The van der Waals surface area contributed by atoms with Crippen molar-refractivity contribution in [2.45, 2.75) is 6.92 Å². The first kappa shape index (κ1) is 13.2. The second kappa shape index (κ2) is 5.99. The number of halogens is 1. The Labute approximate surface area is 101 Å². The van der Waals surface area contributed by atoms with Gasteiger partial charge >= 0.3 is 0 Å². The molecule has 0 aliphatic rings. The number of carbonyl (C=O) groups is 1.